The van der Waals surface area contributed by atoms with E-state index >= 15 is 0 Å². The van der Waals surface area contributed by atoms with Crippen molar-refractivity contribution in [2.45, 2.75) is 38.5 Å². The number of hydrogen-bond acceptors (Lipinski definition) is 1. The van der Waals surface area contributed by atoms with Crippen molar-refractivity contribution in [1.29, 1.82) is 0 Å². The topological polar surface area (TPSA) is 12.0 Å². The molecule has 1 rings (SSSR count). The maximum atomic E-state index is 3.16. The van der Waals surface area contributed by atoms with Crippen LogP contribution in [0.5, 0.6) is 0 Å². The lowest BCUT2D eigenvalue weighted by molar-refractivity contribution is 0.595. The summed E-state index contributed by atoms with van der Waals surface area (Å²) in [4.78, 5) is 0. The lowest BCUT2D eigenvalue weighted by Crippen LogP contribution is -2.06. The molecule has 1 aliphatic rings. The summed E-state index contributed by atoms with van der Waals surface area (Å²) in [5.74, 6) is 0. The highest BCUT2D eigenvalue weighted by Gasteiger charge is 2.03. The zero-order valence-electron chi connectivity index (χ0n) is 7.53. The number of hydrogen-bond donors (Lipinski definition) is 1. The average Bonchev–Trinajstić information content (AvgIpc) is 2.07. The van der Waals surface area contributed by atoms with Gasteiger partial charge in [-0.2, -0.15) is 0 Å². The van der Waals surface area contributed by atoms with Gasteiger partial charge < -0.3 is 5.32 Å². The predicted molar refractivity (Wildman–Crippen MR) is 49.7 cm³/mol. The molecule has 1 nitrogen and oxygen atoms in total. The van der Waals surface area contributed by atoms with Crippen LogP contribution in [0.2, 0.25) is 0 Å². The molecule has 11 heavy (non-hydrogen) atoms. The fourth-order valence-corrected chi connectivity index (χ4v) is 1.63. The van der Waals surface area contributed by atoms with E-state index in [2.05, 4.69) is 11.4 Å². The summed E-state index contributed by atoms with van der Waals surface area (Å²) < 4.78 is 0. The third-order valence-electron chi connectivity index (χ3n) is 2.32. The number of rotatable bonds is 3. The van der Waals surface area contributed by atoms with Gasteiger partial charge in [0.1, 0.15) is 0 Å². The zero-order valence-corrected chi connectivity index (χ0v) is 7.53. The first-order valence-corrected chi connectivity index (χ1v) is 4.76. The van der Waals surface area contributed by atoms with Crippen LogP contribution in [-0.2, 0) is 0 Å². The fourth-order valence-electron chi connectivity index (χ4n) is 1.63. The average molecular weight is 153 g/mol. The quantitative estimate of drug-likeness (QED) is 0.485. The van der Waals surface area contributed by atoms with Crippen LogP contribution in [0.25, 0.3) is 0 Å². The minimum atomic E-state index is 1.13. The lowest BCUT2D eigenvalue weighted by atomic mass is 9.94. The van der Waals surface area contributed by atoms with Crippen molar-refractivity contribution in [2.24, 2.45) is 0 Å². The van der Waals surface area contributed by atoms with Crippen molar-refractivity contribution >= 4 is 0 Å². The van der Waals surface area contributed by atoms with Crippen molar-refractivity contribution in [1.82, 2.24) is 5.32 Å². The maximum absolute atomic E-state index is 3.16. The highest BCUT2D eigenvalue weighted by Crippen LogP contribution is 2.22. The molecule has 1 fully saturated rings. The van der Waals surface area contributed by atoms with Crippen LogP contribution in [0, 0.1) is 0 Å². The van der Waals surface area contributed by atoms with E-state index in [-0.39, 0.29) is 0 Å². The first-order valence-electron chi connectivity index (χ1n) is 4.76. The summed E-state index contributed by atoms with van der Waals surface area (Å²) in [6.07, 6.45) is 10.7. The molecule has 1 aliphatic carbocycles. The van der Waals surface area contributed by atoms with Crippen molar-refractivity contribution < 1.29 is 0 Å². The predicted octanol–water partition coefficient (Wildman–Crippen LogP) is 2.49. The SMILES string of the molecule is CNCCC=C1CCCCC1. The Morgan fingerprint density at radius 2 is 2.00 bits per heavy atom. The lowest BCUT2D eigenvalue weighted by Gasteiger charge is -2.13. The maximum Gasteiger partial charge on any atom is -0.00172 e. The van der Waals surface area contributed by atoms with Crippen LogP contribution in [-0.4, -0.2) is 13.6 Å². The van der Waals surface area contributed by atoms with Gasteiger partial charge in [0.05, 0.1) is 0 Å². The third kappa shape index (κ3) is 3.57. The number of nitrogens with one attached hydrogen (secondary N) is 1. The second-order valence-corrected chi connectivity index (χ2v) is 3.32. The van der Waals surface area contributed by atoms with E-state index in [4.69, 9.17) is 0 Å². The van der Waals surface area contributed by atoms with E-state index in [1.807, 2.05) is 7.05 Å². The van der Waals surface area contributed by atoms with Crippen LogP contribution in [0.4, 0.5) is 0 Å². The van der Waals surface area contributed by atoms with E-state index in [1.165, 1.54) is 38.5 Å². The Morgan fingerprint density at radius 1 is 1.27 bits per heavy atom. The highest BCUT2D eigenvalue weighted by atomic mass is 14.8. The van der Waals surface area contributed by atoms with Crippen LogP contribution in [0.1, 0.15) is 38.5 Å². The van der Waals surface area contributed by atoms with Crippen molar-refractivity contribution in [3.63, 3.8) is 0 Å². The summed E-state index contributed by atoms with van der Waals surface area (Å²) in [6, 6.07) is 0. The molecule has 0 aromatic heterocycles. The van der Waals surface area contributed by atoms with Crippen LogP contribution < -0.4 is 5.32 Å². The molecule has 0 unspecified atom stereocenters. The Hall–Kier alpha value is -0.300. The normalized spacial score (nSPS) is 18.5. The van der Waals surface area contributed by atoms with Gasteiger partial charge in [-0.15, -0.1) is 0 Å². The Balaban J connectivity index is 2.15. The monoisotopic (exact) mass is 153 g/mol. The highest BCUT2D eigenvalue weighted by molar-refractivity contribution is 5.03. The smallest absolute Gasteiger partial charge is 0.00172 e. The van der Waals surface area contributed by atoms with E-state index in [0.29, 0.717) is 0 Å². The van der Waals surface area contributed by atoms with E-state index in [1.54, 1.807) is 5.57 Å². The van der Waals surface area contributed by atoms with Crippen molar-refractivity contribution in [3.8, 4) is 0 Å². The molecule has 0 radical (unpaired) electrons. The van der Waals surface area contributed by atoms with Gasteiger partial charge >= 0.3 is 0 Å². The van der Waals surface area contributed by atoms with Gasteiger partial charge in [0.15, 0.2) is 0 Å². The van der Waals surface area contributed by atoms with Crippen molar-refractivity contribution in [3.05, 3.63) is 11.6 Å². The van der Waals surface area contributed by atoms with Gasteiger partial charge in [-0.05, 0) is 45.7 Å². The first-order chi connectivity index (χ1) is 5.43. The largest absolute Gasteiger partial charge is 0.319 e. The molecule has 1 saturated carbocycles. The van der Waals surface area contributed by atoms with Gasteiger partial charge in [-0.3, -0.25) is 0 Å². The molecular weight excluding hydrogens is 134 g/mol. The van der Waals surface area contributed by atoms with Crippen LogP contribution in [0.3, 0.4) is 0 Å². The summed E-state index contributed by atoms with van der Waals surface area (Å²) in [7, 11) is 2.01. The molecule has 0 heterocycles. The van der Waals surface area contributed by atoms with E-state index in [9.17, 15) is 0 Å². The van der Waals surface area contributed by atoms with Gasteiger partial charge in [-0.1, -0.05) is 18.1 Å². The minimum Gasteiger partial charge on any atom is -0.319 e. The second-order valence-electron chi connectivity index (χ2n) is 3.32. The molecule has 0 saturated heterocycles. The Bertz CT molecular complexity index is 119. The molecule has 0 spiro atoms. The van der Waals surface area contributed by atoms with Gasteiger partial charge in [0.25, 0.3) is 0 Å². The summed E-state index contributed by atoms with van der Waals surface area (Å²) >= 11 is 0. The second kappa shape index (κ2) is 5.36. The molecule has 0 aromatic carbocycles. The molecule has 1 N–H and O–H groups in total. The summed E-state index contributed by atoms with van der Waals surface area (Å²) in [5, 5.41) is 3.16. The standard InChI is InChI=1S/C10H19N/c1-11-9-5-8-10-6-3-2-4-7-10/h8,11H,2-7,9H2,1H3. The van der Waals surface area contributed by atoms with Gasteiger partial charge in [0.2, 0.25) is 0 Å². The minimum absolute atomic E-state index is 1.13. The molecular formula is C10H19N. The Labute approximate surface area is 69.9 Å². The Kier molecular flexibility index (Phi) is 4.29. The molecule has 0 amide bonds. The molecule has 0 bridgehead atoms. The van der Waals surface area contributed by atoms with E-state index < -0.39 is 0 Å². The van der Waals surface area contributed by atoms with Crippen molar-refractivity contribution in [2.75, 3.05) is 13.6 Å². The molecule has 0 aliphatic heterocycles. The first kappa shape index (κ1) is 8.79. The van der Waals surface area contributed by atoms with Gasteiger partial charge in [-0.25, -0.2) is 0 Å². The molecule has 0 atom stereocenters. The fraction of sp³-hybridized carbons (Fsp3) is 0.800. The summed E-state index contributed by atoms with van der Waals surface area (Å²) in [5.41, 5.74) is 1.70. The van der Waals surface area contributed by atoms with Crippen LogP contribution >= 0.6 is 0 Å². The molecule has 0 aromatic rings. The summed E-state index contributed by atoms with van der Waals surface area (Å²) in [6.45, 7) is 1.13. The Morgan fingerprint density at radius 3 is 2.64 bits per heavy atom. The van der Waals surface area contributed by atoms with Gasteiger partial charge in [0, 0.05) is 0 Å². The molecule has 1 heteroatoms. The van der Waals surface area contributed by atoms with E-state index in [0.717, 1.165) is 6.54 Å². The molecule has 64 valence electrons. The third-order valence-corrected chi connectivity index (χ3v) is 2.32. The van der Waals surface area contributed by atoms with Crippen LogP contribution in [0.15, 0.2) is 11.6 Å². The number of allylic oxidation sites excluding steroid dienone is 1. The zero-order chi connectivity index (χ0) is 7.94.